The van der Waals surface area contributed by atoms with E-state index in [0.29, 0.717) is 25.3 Å². The maximum absolute atomic E-state index is 13.2. The first kappa shape index (κ1) is 24.0. The van der Waals surface area contributed by atoms with Crippen LogP contribution in [-0.4, -0.2) is 48.0 Å². The van der Waals surface area contributed by atoms with Gasteiger partial charge in [0, 0.05) is 25.3 Å². The lowest BCUT2D eigenvalue weighted by atomic mass is 10.1. The van der Waals surface area contributed by atoms with E-state index in [9.17, 15) is 22.8 Å². The molecule has 5 rings (SSSR count). The molecule has 0 spiro atoms. The highest BCUT2D eigenvalue weighted by atomic mass is 19.4. The van der Waals surface area contributed by atoms with Gasteiger partial charge in [0.25, 0.3) is 11.8 Å². The SMILES string of the molecule is O=C(Nc1cccc2c1C(=O)N(c1cccc(C(F)(F)F)c1)C2)c1cccc(CN2CCOCC2)n1. The van der Waals surface area contributed by atoms with E-state index < -0.39 is 23.6 Å². The fourth-order valence-corrected chi connectivity index (χ4v) is 4.39. The number of hydrogen-bond donors (Lipinski definition) is 1. The van der Waals surface area contributed by atoms with Crippen LogP contribution in [0.15, 0.2) is 60.7 Å². The number of nitrogens with one attached hydrogen (secondary N) is 1. The average molecular weight is 496 g/mol. The first-order valence-corrected chi connectivity index (χ1v) is 11.5. The third-order valence-corrected chi connectivity index (χ3v) is 6.20. The number of morpholine rings is 1. The summed E-state index contributed by atoms with van der Waals surface area (Å²) in [5.41, 5.74) is 1.42. The van der Waals surface area contributed by atoms with Crippen molar-refractivity contribution in [1.82, 2.24) is 9.88 Å². The van der Waals surface area contributed by atoms with Crippen LogP contribution in [0.5, 0.6) is 0 Å². The zero-order valence-corrected chi connectivity index (χ0v) is 19.2. The van der Waals surface area contributed by atoms with Crippen molar-refractivity contribution < 1.29 is 27.5 Å². The highest BCUT2D eigenvalue weighted by molar-refractivity contribution is 6.16. The number of nitrogens with zero attached hydrogens (tertiary/aromatic N) is 3. The smallest absolute Gasteiger partial charge is 0.379 e. The Hall–Kier alpha value is -3.76. The maximum Gasteiger partial charge on any atom is 0.416 e. The van der Waals surface area contributed by atoms with Gasteiger partial charge in [0.05, 0.1) is 42.3 Å². The van der Waals surface area contributed by atoms with E-state index in [-0.39, 0.29) is 29.2 Å². The van der Waals surface area contributed by atoms with Crippen molar-refractivity contribution in [2.45, 2.75) is 19.3 Å². The van der Waals surface area contributed by atoms with Crippen LogP contribution in [0, 0.1) is 0 Å². The van der Waals surface area contributed by atoms with Gasteiger partial charge in [-0.3, -0.25) is 14.5 Å². The van der Waals surface area contributed by atoms with Gasteiger partial charge in [0.2, 0.25) is 0 Å². The molecule has 1 saturated heterocycles. The van der Waals surface area contributed by atoms with Crippen molar-refractivity contribution >= 4 is 23.2 Å². The van der Waals surface area contributed by atoms with Crippen LogP contribution < -0.4 is 10.2 Å². The van der Waals surface area contributed by atoms with E-state index in [1.165, 1.54) is 17.0 Å². The Bertz CT molecular complexity index is 1310. The van der Waals surface area contributed by atoms with Gasteiger partial charge < -0.3 is 15.0 Å². The fourth-order valence-electron chi connectivity index (χ4n) is 4.39. The molecule has 7 nitrogen and oxygen atoms in total. The van der Waals surface area contributed by atoms with Crippen molar-refractivity contribution in [3.05, 3.63) is 88.7 Å². The molecule has 0 bridgehead atoms. The third kappa shape index (κ3) is 4.95. The number of benzene rings is 2. The lowest BCUT2D eigenvalue weighted by Gasteiger charge is -2.26. The standard InChI is InChI=1S/C26H23F3N4O3/c27-26(28,29)18-5-2-7-20(14-18)33-15-17-4-1-8-21(23(17)25(33)35)31-24(34)22-9-3-6-19(30-22)16-32-10-12-36-13-11-32/h1-9,14H,10-13,15-16H2,(H,31,34). The van der Waals surface area contributed by atoms with Crippen LogP contribution in [0.2, 0.25) is 0 Å². The van der Waals surface area contributed by atoms with E-state index >= 15 is 0 Å². The number of carbonyl (C=O) groups excluding carboxylic acids is 2. The molecule has 3 heterocycles. The lowest BCUT2D eigenvalue weighted by Crippen LogP contribution is -2.36. The predicted octanol–water partition coefficient (Wildman–Crippen LogP) is 4.35. The summed E-state index contributed by atoms with van der Waals surface area (Å²) in [6, 6.07) is 14.9. The Labute approximate surface area is 205 Å². The highest BCUT2D eigenvalue weighted by Crippen LogP contribution is 2.36. The number of halogens is 3. The molecule has 186 valence electrons. The van der Waals surface area contributed by atoms with Crippen LogP contribution in [0.4, 0.5) is 24.5 Å². The number of amides is 2. The van der Waals surface area contributed by atoms with E-state index in [4.69, 9.17) is 4.74 Å². The minimum absolute atomic E-state index is 0.104. The molecule has 0 saturated carbocycles. The Kier molecular flexibility index (Phi) is 6.46. The first-order chi connectivity index (χ1) is 17.3. The molecule has 1 fully saturated rings. The third-order valence-electron chi connectivity index (χ3n) is 6.20. The topological polar surface area (TPSA) is 74.8 Å². The summed E-state index contributed by atoms with van der Waals surface area (Å²) >= 11 is 0. The second-order valence-electron chi connectivity index (χ2n) is 8.64. The lowest BCUT2D eigenvalue weighted by molar-refractivity contribution is -0.137. The van der Waals surface area contributed by atoms with Gasteiger partial charge in [-0.25, -0.2) is 4.98 Å². The molecule has 1 N–H and O–H groups in total. The zero-order valence-electron chi connectivity index (χ0n) is 19.2. The number of anilines is 2. The van der Waals surface area contributed by atoms with E-state index in [0.717, 1.165) is 30.9 Å². The van der Waals surface area contributed by atoms with Gasteiger partial charge in [-0.05, 0) is 42.0 Å². The van der Waals surface area contributed by atoms with Gasteiger partial charge in [0.15, 0.2) is 0 Å². The molecule has 0 aliphatic carbocycles. The monoisotopic (exact) mass is 496 g/mol. The highest BCUT2D eigenvalue weighted by Gasteiger charge is 2.34. The molecule has 0 radical (unpaired) electrons. The minimum Gasteiger partial charge on any atom is -0.379 e. The van der Waals surface area contributed by atoms with Crippen LogP contribution >= 0.6 is 0 Å². The largest absolute Gasteiger partial charge is 0.416 e. The number of ether oxygens (including phenoxy) is 1. The van der Waals surface area contributed by atoms with Crippen molar-refractivity contribution in [1.29, 1.82) is 0 Å². The zero-order chi connectivity index (χ0) is 25.3. The minimum atomic E-state index is -4.52. The Balaban J connectivity index is 1.35. The summed E-state index contributed by atoms with van der Waals surface area (Å²) in [5.74, 6) is -0.952. The molecule has 3 aromatic rings. The molecule has 0 atom stereocenters. The van der Waals surface area contributed by atoms with Gasteiger partial charge in [0.1, 0.15) is 5.69 Å². The Morgan fingerprint density at radius 3 is 2.56 bits per heavy atom. The second-order valence-corrected chi connectivity index (χ2v) is 8.64. The Morgan fingerprint density at radius 1 is 1.03 bits per heavy atom. The Morgan fingerprint density at radius 2 is 1.78 bits per heavy atom. The molecule has 2 aromatic carbocycles. The van der Waals surface area contributed by atoms with E-state index in [1.54, 1.807) is 30.3 Å². The summed E-state index contributed by atoms with van der Waals surface area (Å²) in [5, 5.41) is 2.76. The molecule has 2 aliphatic heterocycles. The van der Waals surface area contributed by atoms with Gasteiger partial charge in [-0.15, -0.1) is 0 Å². The first-order valence-electron chi connectivity index (χ1n) is 11.5. The molecule has 2 amide bonds. The average Bonchev–Trinajstić information content (AvgIpc) is 3.22. The van der Waals surface area contributed by atoms with Gasteiger partial charge in [-0.2, -0.15) is 13.2 Å². The summed E-state index contributed by atoms with van der Waals surface area (Å²) in [6.07, 6.45) is -4.52. The van der Waals surface area contributed by atoms with Crippen LogP contribution in [0.3, 0.4) is 0 Å². The quantitative estimate of drug-likeness (QED) is 0.569. The molecule has 0 unspecified atom stereocenters. The number of aromatic nitrogens is 1. The maximum atomic E-state index is 13.2. The van der Waals surface area contributed by atoms with Crippen molar-refractivity contribution in [2.24, 2.45) is 0 Å². The number of fused-ring (bicyclic) bond motifs is 1. The molecular formula is C26H23F3N4O3. The predicted molar refractivity (Wildman–Crippen MR) is 127 cm³/mol. The summed E-state index contributed by atoms with van der Waals surface area (Å²) in [6.45, 7) is 3.59. The molecule has 1 aromatic heterocycles. The van der Waals surface area contributed by atoms with Crippen LogP contribution in [0.1, 0.15) is 37.7 Å². The second kappa shape index (κ2) is 9.71. The number of carbonyl (C=O) groups is 2. The normalized spacial score (nSPS) is 16.2. The van der Waals surface area contributed by atoms with Crippen molar-refractivity contribution in [3.63, 3.8) is 0 Å². The van der Waals surface area contributed by atoms with Crippen LogP contribution in [-0.2, 0) is 24.0 Å². The van der Waals surface area contributed by atoms with E-state index in [1.807, 2.05) is 6.07 Å². The van der Waals surface area contributed by atoms with Crippen LogP contribution in [0.25, 0.3) is 0 Å². The summed E-state index contributed by atoms with van der Waals surface area (Å²) < 4.78 is 44.9. The summed E-state index contributed by atoms with van der Waals surface area (Å²) in [7, 11) is 0. The number of rotatable bonds is 5. The number of pyridine rings is 1. The van der Waals surface area contributed by atoms with Crippen molar-refractivity contribution in [2.75, 3.05) is 36.5 Å². The molecule has 2 aliphatic rings. The fraction of sp³-hybridized carbons (Fsp3) is 0.269. The molecule has 36 heavy (non-hydrogen) atoms. The molecule has 10 heteroatoms. The van der Waals surface area contributed by atoms with Crippen molar-refractivity contribution in [3.8, 4) is 0 Å². The van der Waals surface area contributed by atoms with Gasteiger partial charge in [-0.1, -0.05) is 24.3 Å². The summed E-state index contributed by atoms with van der Waals surface area (Å²) in [4.78, 5) is 34.2. The van der Waals surface area contributed by atoms with Gasteiger partial charge >= 0.3 is 6.18 Å². The van der Waals surface area contributed by atoms with E-state index in [2.05, 4.69) is 15.2 Å². The molecular weight excluding hydrogens is 473 g/mol. The number of alkyl halides is 3. The number of hydrogen-bond acceptors (Lipinski definition) is 5.